The van der Waals surface area contributed by atoms with E-state index >= 15 is 0 Å². The van der Waals surface area contributed by atoms with Crippen LogP contribution in [0.3, 0.4) is 0 Å². The van der Waals surface area contributed by atoms with E-state index in [1.54, 1.807) is 0 Å². The number of hydrogen-bond donors (Lipinski definition) is 1. The van der Waals surface area contributed by atoms with Gasteiger partial charge < -0.3 is 10.2 Å². The van der Waals surface area contributed by atoms with Crippen LogP contribution in [0.15, 0.2) is 0 Å². The topological polar surface area (TPSA) is 41.1 Å². The van der Waals surface area contributed by atoms with Crippen LogP contribution in [0.5, 0.6) is 0 Å². The Morgan fingerprint density at radius 1 is 1.00 bits per heavy atom. The number of nitrogens with one attached hydrogen (secondary N) is 1. The third kappa shape index (κ3) is 4.87. The largest absolute Gasteiger partial charge is 0.370 e. The molecule has 1 aromatic heterocycles. The van der Waals surface area contributed by atoms with Crippen molar-refractivity contribution in [3.05, 3.63) is 11.4 Å². The van der Waals surface area contributed by atoms with Gasteiger partial charge in [0.1, 0.15) is 17.5 Å². The van der Waals surface area contributed by atoms with Crippen LogP contribution in [-0.2, 0) is 0 Å². The highest BCUT2D eigenvalue weighted by molar-refractivity contribution is 5.58. The lowest BCUT2D eigenvalue weighted by atomic mass is 10.2. The molecule has 1 N–H and O–H groups in total. The van der Waals surface area contributed by atoms with E-state index in [9.17, 15) is 0 Å². The second kappa shape index (κ2) is 8.85. The molecular weight excluding hydrogens is 260 g/mol. The van der Waals surface area contributed by atoms with Gasteiger partial charge in [0.05, 0.1) is 0 Å². The Labute approximate surface area is 130 Å². The molecule has 4 heteroatoms. The van der Waals surface area contributed by atoms with E-state index in [2.05, 4.69) is 51.8 Å². The van der Waals surface area contributed by atoms with Crippen LogP contribution in [0.2, 0.25) is 0 Å². The van der Waals surface area contributed by atoms with Crippen molar-refractivity contribution in [2.75, 3.05) is 29.9 Å². The Bertz CT molecular complexity index is 423. The Morgan fingerprint density at radius 2 is 1.62 bits per heavy atom. The molecule has 0 saturated heterocycles. The van der Waals surface area contributed by atoms with Gasteiger partial charge in [0.25, 0.3) is 0 Å². The highest BCUT2D eigenvalue weighted by Gasteiger charge is 2.17. The number of anilines is 2. The lowest BCUT2D eigenvalue weighted by molar-refractivity contribution is 0.709. The minimum absolute atomic E-state index is 0.344. The van der Waals surface area contributed by atoms with Crippen molar-refractivity contribution in [3.8, 4) is 0 Å². The Hall–Kier alpha value is -1.32. The van der Waals surface area contributed by atoms with Gasteiger partial charge in [0, 0.05) is 31.1 Å². The molecule has 0 aromatic carbocycles. The average molecular weight is 292 g/mol. The van der Waals surface area contributed by atoms with E-state index in [0.29, 0.717) is 5.92 Å². The Balaban J connectivity index is 3.22. The number of hydrogen-bond acceptors (Lipinski definition) is 4. The molecule has 1 heterocycles. The lowest BCUT2D eigenvalue weighted by Crippen LogP contribution is -2.28. The summed E-state index contributed by atoms with van der Waals surface area (Å²) in [6.45, 7) is 16.1. The maximum absolute atomic E-state index is 4.85. The summed E-state index contributed by atoms with van der Waals surface area (Å²) < 4.78 is 0. The minimum atomic E-state index is 0.344. The van der Waals surface area contributed by atoms with Gasteiger partial charge in [-0.1, -0.05) is 34.6 Å². The van der Waals surface area contributed by atoms with Gasteiger partial charge in [-0.15, -0.1) is 0 Å². The molecule has 0 atom stereocenters. The third-order valence-electron chi connectivity index (χ3n) is 3.48. The third-order valence-corrected chi connectivity index (χ3v) is 3.48. The average Bonchev–Trinajstić information content (AvgIpc) is 2.45. The van der Waals surface area contributed by atoms with Crippen LogP contribution in [0.4, 0.5) is 11.6 Å². The summed E-state index contributed by atoms with van der Waals surface area (Å²) in [4.78, 5) is 12.0. The zero-order valence-electron chi connectivity index (χ0n) is 14.7. The summed E-state index contributed by atoms with van der Waals surface area (Å²) >= 11 is 0. The lowest BCUT2D eigenvalue weighted by Gasteiger charge is -2.26. The van der Waals surface area contributed by atoms with Gasteiger partial charge in [-0.05, 0) is 26.2 Å². The SMILES string of the molecule is CCCNc1nc(C(C)C)nc(N(CCC)CCC)c1C. The van der Waals surface area contributed by atoms with E-state index in [4.69, 9.17) is 9.97 Å². The first-order valence-electron chi connectivity index (χ1n) is 8.42. The summed E-state index contributed by atoms with van der Waals surface area (Å²) in [6, 6.07) is 0. The predicted molar refractivity (Wildman–Crippen MR) is 92.4 cm³/mol. The van der Waals surface area contributed by atoms with Crippen molar-refractivity contribution in [3.63, 3.8) is 0 Å². The van der Waals surface area contributed by atoms with Crippen molar-refractivity contribution >= 4 is 11.6 Å². The first-order chi connectivity index (χ1) is 10.0. The van der Waals surface area contributed by atoms with Crippen LogP contribution in [0, 0.1) is 6.92 Å². The van der Waals surface area contributed by atoms with E-state index in [1.165, 1.54) is 5.56 Å². The quantitative estimate of drug-likeness (QED) is 0.734. The zero-order chi connectivity index (χ0) is 15.8. The number of rotatable bonds is 9. The molecule has 0 unspecified atom stereocenters. The summed E-state index contributed by atoms with van der Waals surface area (Å²) in [6.07, 6.45) is 3.37. The standard InChI is InChI=1S/C17H32N4/c1-7-10-18-16-14(6)17(20-15(19-16)13(4)5)21(11-8-2)12-9-3/h13H,7-12H2,1-6H3,(H,18,19,20). The fraction of sp³-hybridized carbons (Fsp3) is 0.765. The summed E-state index contributed by atoms with van der Waals surface area (Å²) in [5.41, 5.74) is 1.18. The first kappa shape index (κ1) is 17.7. The van der Waals surface area contributed by atoms with E-state index < -0.39 is 0 Å². The van der Waals surface area contributed by atoms with E-state index in [1.807, 2.05) is 0 Å². The molecule has 4 nitrogen and oxygen atoms in total. The van der Waals surface area contributed by atoms with Crippen molar-refractivity contribution < 1.29 is 0 Å². The molecule has 120 valence electrons. The minimum Gasteiger partial charge on any atom is -0.370 e. The first-order valence-corrected chi connectivity index (χ1v) is 8.42. The normalized spacial score (nSPS) is 11.0. The maximum atomic E-state index is 4.85. The van der Waals surface area contributed by atoms with Gasteiger partial charge in [0.2, 0.25) is 0 Å². The zero-order valence-corrected chi connectivity index (χ0v) is 14.7. The van der Waals surface area contributed by atoms with Gasteiger partial charge in [-0.3, -0.25) is 0 Å². The van der Waals surface area contributed by atoms with Crippen molar-refractivity contribution in [1.29, 1.82) is 0 Å². The Morgan fingerprint density at radius 3 is 2.10 bits per heavy atom. The molecule has 1 aromatic rings. The molecule has 0 bridgehead atoms. The van der Waals surface area contributed by atoms with E-state index in [0.717, 1.165) is 56.4 Å². The highest BCUT2D eigenvalue weighted by Crippen LogP contribution is 2.26. The van der Waals surface area contributed by atoms with Crippen LogP contribution >= 0.6 is 0 Å². The smallest absolute Gasteiger partial charge is 0.137 e. The predicted octanol–water partition coefficient (Wildman–Crippen LogP) is 4.36. The number of nitrogens with zero attached hydrogens (tertiary/aromatic N) is 3. The van der Waals surface area contributed by atoms with Gasteiger partial charge in [-0.2, -0.15) is 0 Å². The Kier molecular flexibility index (Phi) is 7.48. The summed E-state index contributed by atoms with van der Waals surface area (Å²) in [5.74, 6) is 3.39. The van der Waals surface area contributed by atoms with E-state index in [-0.39, 0.29) is 0 Å². The van der Waals surface area contributed by atoms with Crippen molar-refractivity contribution in [2.45, 2.75) is 66.7 Å². The highest BCUT2D eigenvalue weighted by atomic mass is 15.2. The molecule has 0 aliphatic carbocycles. The molecule has 0 spiro atoms. The molecule has 0 fully saturated rings. The van der Waals surface area contributed by atoms with Crippen LogP contribution in [-0.4, -0.2) is 29.6 Å². The maximum Gasteiger partial charge on any atom is 0.137 e. The van der Waals surface area contributed by atoms with Gasteiger partial charge >= 0.3 is 0 Å². The van der Waals surface area contributed by atoms with Gasteiger partial charge in [0.15, 0.2) is 0 Å². The molecule has 0 radical (unpaired) electrons. The van der Waals surface area contributed by atoms with Crippen molar-refractivity contribution in [2.24, 2.45) is 0 Å². The molecular formula is C17H32N4. The fourth-order valence-corrected chi connectivity index (χ4v) is 2.37. The monoisotopic (exact) mass is 292 g/mol. The van der Waals surface area contributed by atoms with Crippen LogP contribution in [0.1, 0.15) is 71.2 Å². The molecule has 21 heavy (non-hydrogen) atoms. The van der Waals surface area contributed by atoms with Crippen LogP contribution < -0.4 is 10.2 Å². The molecule has 1 rings (SSSR count). The second-order valence-corrected chi connectivity index (χ2v) is 5.95. The summed E-state index contributed by atoms with van der Waals surface area (Å²) in [7, 11) is 0. The van der Waals surface area contributed by atoms with Gasteiger partial charge in [-0.25, -0.2) is 9.97 Å². The second-order valence-electron chi connectivity index (χ2n) is 5.95. The molecule has 0 amide bonds. The molecule has 0 aliphatic rings. The fourth-order valence-electron chi connectivity index (χ4n) is 2.37. The molecule has 0 aliphatic heterocycles. The van der Waals surface area contributed by atoms with Crippen LogP contribution in [0.25, 0.3) is 0 Å². The molecule has 0 saturated carbocycles. The van der Waals surface area contributed by atoms with Crippen molar-refractivity contribution in [1.82, 2.24) is 9.97 Å². The summed E-state index contributed by atoms with van der Waals surface area (Å²) in [5, 5.41) is 3.46. The number of aromatic nitrogens is 2.